The molecule has 0 atom stereocenters. The summed E-state index contributed by atoms with van der Waals surface area (Å²) in [6.07, 6.45) is 0.825. The van der Waals surface area contributed by atoms with Crippen molar-refractivity contribution in [3.8, 4) is 11.3 Å². The van der Waals surface area contributed by atoms with E-state index in [4.69, 9.17) is 4.74 Å². The Bertz CT molecular complexity index is 1100. The molecule has 0 unspecified atom stereocenters. The third-order valence-electron chi connectivity index (χ3n) is 5.48. The molecule has 0 fully saturated rings. The van der Waals surface area contributed by atoms with Crippen molar-refractivity contribution in [2.75, 3.05) is 18.1 Å². The van der Waals surface area contributed by atoms with Gasteiger partial charge in [0.25, 0.3) is 0 Å². The number of hydrogen-bond acceptors (Lipinski definition) is 3. The lowest BCUT2D eigenvalue weighted by atomic mass is 10.1. The van der Waals surface area contributed by atoms with E-state index in [0.29, 0.717) is 23.5 Å². The highest BCUT2D eigenvalue weighted by atomic mass is 19.1. The lowest BCUT2D eigenvalue weighted by molar-refractivity contribution is -0.119. The normalized spacial score (nSPS) is 12.7. The highest BCUT2D eigenvalue weighted by Gasteiger charge is 2.27. The molecular weight excluding hydrogens is 383 g/mol. The fraction of sp³-hybridized carbons (Fsp3) is 0.250. The van der Waals surface area contributed by atoms with Gasteiger partial charge in [-0.2, -0.15) is 0 Å². The van der Waals surface area contributed by atoms with Crippen molar-refractivity contribution >= 4 is 17.6 Å². The first-order chi connectivity index (χ1) is 14.5. The van der Waals surface area contributed by atoms with Gasteiger partial charge in [0, 0.05) is 23.6 Å². The van der Waals surface area contributed by atoms with Crippen molar-refractivity contribution in [3.63, 3.8) is 0 Å². The van der Waals surface area contributed by atoms with E-state index in [1.807, 2.05) is 28.8 Å². The van der Waals surface area contributed by atoms with Crippen LogP contribution in [0.4, 0.5) is 10.1 Å². The molecule has 154 valence electrons. The van der Waals surface area contributed by atoms with Crippen LogP contribution in [0.15, 0.2) is 54.6 Å². The largest absolute Gasteiger partial charge is 0.462 e. The first-order valence-electron chi connectivity index (χ1n) is 10.0. The van der Waals surface area contributed by atoms with Gasteiger partial charge in [-0.05, 0) is 67.8 Å². The molecule has 1 aliphatic heterocycles. The molecule has 0 radical (unpaired) electrons. The summed E-state index contributed by atoms with van der Waals surface area (Å²) in [6, 6.07) is 15.6. The molecule has 2 aromatic carbocycles. The molecule has 1 aliphatic rings. The highest BCUT2D eigenvalue weighted by Crippen LogP contribution is 2.30. The number of hydrogen-bond donors (Lipinski definition) is 0. The molecule has 3 aromatic rings. The zero-order valence-corrected chi connectivity index (χ0v) is 17.0. The second-order valence-corrected chi connectivity index (χ2v) is 7.27. The second-order valence-electron chi connectivity index (χ2n) is 7.27. The van der Waals surface area contributed by atoms with Crippen LogP contribution in [0.1, 0.15) is 28.5 Å². The third-order valence-corrected chi connectivity index (χ3v) is 5.48. The summed E-state index contributed by atoms with van der Waals surface area (Å²) in [5.41, 5.74) is 4.54. The van der Waals surface area contributed by atoms with Gasteiger partial charge < -0.3 is 14.2 Å². The monoisotopic (exact) mass is 406 g/mol. The Kier molecular flexibility index (Phi) is 5.40. The Labute approximate surface area is 174 Å². The number of anilines is 1. The van der Waals surface area contributed by atoms with Crippen molar-refractivity contribution in [2.45, 2.75) is 26.8 Å². The van der Waals surface area contributed by atoms with Gasteiger partial charge in [-0.25, -0.2) is 9.18 Å². The zero-order chi connectivity index (χ0) is 21.3. The predicted octanol–water partition coefficient (Wildman–Crippen LogP) is 4.37. The standard InChI is InChI=1S/C24H23FN2O3/c1-3-30-24(29)20-14-22(18-8-10-19(25)11-9-18)27(16(20)2)15-23(28)26-13-12-17-6-4-5-7-21(17)26/h4-11,14H,3,12-13,15H2,1-2H3. The van der Waals surface area contributed by atoms with Crippen LogP contribution in [0.2, 0.25) is 0 Å². The average molecular weight is 406 g/mol. The van der Waals surface area contributed by atoms with E-state index in [9.17, 15) is 14.0 Å². The van der Waals surface area contributed by atoms with Crippen molar-refractivity contribution in [1.82, 2.24) is 4.57 Å². The number of ether oxygens (including phenoxy) is 1. The van der Waals surface area contributed by atoms with Gasteiger partial charge in [0.2, 0.25) is 5.91 Å². The Balaban J connectivity index is 1.71. The first-order valence-corrected chi connectivity index (χ1v) is 10.0. The summed E-state index contributed by atoms with van der Waals surface area (Å²) in [5, 5.41) is 0. The third kappa shape index (κ3) is 3.61. The number of para-hydroxylation sites is 1. The van der Waals surface area contributed by atoms with Crippen LogP contribution < -0.4 is 4.90 Å². The van der Waals surface area contributed by atoms with Crippen LogP contribution in [0.3, 0.4) is 0 Å². The quantitative estimate of drug-likeness (QED) is 0.592. The van der Waals surface area contributed by atoms with Gasteiger partial charge in [-0.1, -0.05) is 18.2 Å². The first kappa shape index (κ1) is 19.9. The lowest BCUT2D eigenvalue weighted by Crippen LogP contribution is -2.32. The van der Waals surface area contributed by atoms with E-state index in [2.05, 4.69) is 0 Å². The number of esters is 1. The summed E-state index contributed by atoms with van der Waals surface area (Å²) >= 11 is 0. The molecule has 0 spiro atoms. The van der Waals surface area contributed by atoms with E-state index < -0.39 is 5.97 Å². The van der Waals surface area contributed by atoms with Gasteiger partial charge in [-0.3, -0.25) is 4.79 Å². The number of fused-ring (bicyclic) bond motifs is 1. The number of benzene rings is 2. The van der Waals surface area contributed by atoms with Crippen molar-refractivity contribution < 1.29 is 18.7 Å². The molecule has 0 N–H and O–H groups in total. The number of carbonyl (C=O) groups excluding carboxylic acids is 2. The molecule has 4 rings (SSSR count). The molecule has 5 nitrogen and oxygen atoms in total. The Morgan fingerprint density at radius 2 is 1.83 bits per heavy atom. The van der Waals surface area contributed by atoms with Gasteiger partial charge in [0.15, 0.2) is 0 Å². The molecule has 2 heterocycles. The molecule has 0 saturated carbocycles. The van der Waals surface area contributed by atoms with E-state index >= 15 is 0 Å². The molecule has 30 heavy (non-hydrogen) atoms. The van der Waals surface area contributed by atoms with Crippen LogP contribution in [0.25, 0.3) is 11.3 Å². The molecule has 0 bridgehead atoms. The van der Waals surface area contributed by atoms with Gasteiger partial charge in [0.05, 0.1) is 12.2 Å². The van der Waals surface area contributed by atoms with Gasteiger partial charge in [-0.15, -0.1) is 0 Å². The van der Waals surface area contributed by atoms with Crippen molar-refractivity contribution in [3.05, 3.63) is 77.2 Å². The minimum Gasteiger partial charge on any atom is -0.462 e. The van der Waals surface area contributed by atoms with Crippen molar-refractivity contribution in [2.24, 2.45) is 0 Å². The maximum atomic E-state index is 13.4. The number of rotatable bonds is 5. The second kappa shape index (κ2) is 8.14. The summed E-state index contributed by atoms with van der Waals surface area (Å²) in [7, 11) is 0. The topological polar surface area (TPSA) is 51.5 Å². The lowest BCUT2D eigenvalue weighted by Gasteiger charge is -2.20. The Hall–Kier alpha value is -3.41. The molecule has 0 saturated heterocycles. The SMILES string of the molecule is CCOC(=O)c1cc(-c2ccc(F)cc2)n(CC(=O)N2CCc3ccccc32)c1C. The van der Waals surface area contributed by atoms with E-state index in [1.165, 1.54) is 12.1 Å². The maximum Gasteiger partial charge on any atom is 0.339 e. The molecule has 0 aliphatic carbocycles. The summed E-state index contributed by atoms with van der Waals surface area (Å²) < 4.78 is 20.4. The van der Waals surface area contributed by atoms with Crippen LogP contribution in [0.5, 0.6) is 0 Å². The fourth-order valence-electron chi connectivity index (χ4n) is 3.94. The highest BCUT2D eigenvalue weighted by molar-refractivity contribution is 5.97. The number of amides is 1. The van der Waals surface area contributed by atoms with Crippen LogP contribution in [-0.2, 0) is 22.5 Å². The van der Waals surface area contributed by atoms with E-state index in [0.717, 1.165) is 23.2 Å². The fourth-order valence-corrected chi connectivity index (χ4v) is 3.94. The number of aromatic nitrogens is 1. The summed E-state index contributed by atoms with van der Waals surface area (Å²) in [5.74, 6) is -0.836. The average Bonchev–Trinajstić information content (AvgIpc) is 3.31. The molecule has 1 amide bonds. The van der Waals surface area contributed by atoms with Crippen LogP contribution >= 0.6 is 0 Å². The smallest absolute Gasteiger partial charge is 0.339 e. The zero-order valence-electron chi connectivity index (χ0n) is 17.0. The minimum absolute atomic E-state index is 0.0579. The summed E-state index contributed by atoms with van der Waals surface area (Å²) in [4.78, 5) is 27.4. The minimum atomic E-state index is -0.434. The van der Waals surface area contributed by atoms with Crippen LogP contribution in [0, 0.1) is 12.7 Å². The maximum absolute atomic E-state index is 13.4. The van der Waals surface area contributed by atoms with Gasteiger partial charge in [0.1, 0.15) is 12.4 Å². The number of nitrogens with zero attached hydrogens (tertiary/aromatic N) is 2. The number of carbonyl (C=O) groups is 2. The molecule has 1 aromatic heterocycles. The molecule has 6 heteroatoms. The van der Waals surface area contributed by atoms with E-state index in [-0.39, 0.29) is 24.9 Å². The van der Waals surface area contributed by atoms with Gasteiger partial charge >= 0.3 is 5.97 Å². The van der Waals surface area contributed by atoms with E-state index in [1.54, 1.807) is 36.9 Å². The number of halogens is 1. The summed E-state index contributed by atoms with van der Waals surface area (Å²) in [6.45, 7) is 4.52. The van der Waals surface area contributed by atoms with Crippen molar-refractivity contribution in [1.29, 1.82) is 0 Å². The van der Waals surface area contributed by atoms with Crippen LogP contribution in [-0.4, -0.2) is 29.6 Å². The predicted molar refractivity (Wildman–Crippen MR) is 113 cm³/mol. The Morgan fingerprint density at radius 3 is 2.57 bits per heavy atom. The Morgan fingerprint density at radius 1 is 1.10 bits per heavy atom. The molecular formula is C24H23FN2O3.